The van der Waals surface area contributed by atoms with E-state index in [1.165, 1.54) is 6.42 Å². The number of halogens is 3. The van der Waals surface area contributed by atoms with Gasteiger partial charge < -0.3 is 4.57 Å². The zero-order valence-corrected chi connectivity index (χ0v) is 14.9. The van der Waals surface area contributed by atoms with Crippen LogP contribution in [-0.4, -0.2) is 20.6 Å². The quantitative estimate of drug-likeness (QED) is 0.638. The molecule has 1 fully saturated rings. The molecule has 6 heteroatoms. The first-order valence-corrected chi connectivity index (χ1v) is 9.55. The number of hydrogen-bond donors (Lipinski definition) is 0. The summed E-state index contributed by atoms with van der Waals surface area (Å²) in [5.41, 5.74) is 1.67. The lowest BCUT2D eigenvalue weighted by atomic mass is 10.2. The van der Waals surface area contributed by atoms with Gasteiger partial charge in [0, 0.05) is 17.4 Å². The minimum absolute atomic E-state index is 0.248. The Morgan fingerprint density at radius 1 is 1.48 bits per heavy atom. The monoisotopic (exact) mass is 390 g/mol. The van der Waals surface area contributed by atoms with Crippen LogP contribution in [0.2, 0.25) is 0 Å². The Labute approximate surface area is 141 Å². The molecule has 21 heavy (non-hydrogen) atoms. The molecule has 0 saturated heterocycles. The minimum Gasteiger partial charge on any atom is -0.324 e. The van der Waals surface area contributed by atoms with E-state index < -0.39 is 0 Å². The Kier molecular flexibility index (Phi) is 4.81. The highest BCUT2D eigenvalue weighted by Crippen LogP contribution is 2.40. The van der Waals surface area contributed by atoms with Crippen LogP contribution in [0.4, 0.5) is 4.39 Å². The summed E-state index contributed by atoms with van der Waals surface area (Å²) in [4.78, 5) is 4.58. The summed E-state index contributed by atoms with van der Waals surface area (Å²) in [6.07, 6.45) is 3.44. The summed E-state index contributed by atoms with van der Waals surface area (Å²) in [5.74, 6) is 2.10. The van der Waals surface area contributed by atoms with Crippen LogP contribution in [0.3, 0.4) is 0 Å². The van der Waals surface area contributed by atoms with E-state index in [2.05, 4.69) is 32.4 Å². The van der Waals surface area contributed by atoms with Crippen LogP contribution >= 0.6 is 39.3 Å². The molecule has 0 bridgehead atoms. The molecule has 1 aliphatic carbocycles. The molecular formula is C15H17BrClFN2S. The fourth-order valence-corrected chi connectivity index (χ4v) is 4.83. The van der Waals surface area contributed by atoms with E-state index in [9.17, 15) is 4.39 Å². The first kappa shape index (κ1) is 15.6. The Balaban J connectivity index is 2.02. The maximum Gasteiger partial charge on any atom is 0.139 e. The van der Waals surface area contributed by atoms with Gasteiger partial charge in [-0.15, -0.1) is 11.6 Å². The second kappa shape index (κ2) is 6.47. The molecule has 1 saturated carbocycles. The van der Waals surface area contributed by atoms with Gasteiger partial charge in [0.2, 0.25) is 0 Å². The van der Waals surface area contributed by atoms with E-state index >= 15 is 0 Å². The van der Waals surface area contributed by atoms with Crippen molar-refractivity contribution in [2.45, 2.75) is 43.4 Å². The molecule has 2 aromatic rings. The van der Waals surface area contributed by atoms with Gasteiger partial charge in [-0.3, -0.25) is 0 Å². The summed E-state index contributed by atoms with van der Waals surface area (Å²) >= 11 is 11.3. The van der Waals surface area contributed by atoms with E-state index in [1.54, 1.807) is 12.1 Å². The van der Waals surface area contributed by atoms with Gasteiger partial charge >= 0.3 is 0 Å². The number of imidazole rings is 1. The third-order valence-electron chi connectivity index (χ3n) is 4.05. The number of rotatable bonds is 4. The van der Waals surface area contributed by atoms with Crippen molar-refractivity contribution in [2.75, 3.05) is 5.75 Å². The molecule has 2 atom stereocenters. The first-order chi connectivity index (χ1) is 10.1. The molecule has 1 heterocycles. The van der Waals surface area contributed by atoms with E-state index in [1.807, 2.05) is 11.8 Å². The standard InChI is InChI=1S/C15H17BrClFN2S/c1-2-21-10-4-3-9(5-10)20-14-7-12(18)11(16)6-13(14)19-15(20)8-17/h6-7,9-10H,2-5,8H2,1H3. The van der Waals surface area contributed by atoms with Crippen molar-refractivity contribution in [2.24, 2.45) is 0 Å². The smallest absolute Gasteiger partial charge is 0.139 e. The maximum absolute atomic E-state index is 13.9. The Morgan fingerprint density at radius 2 is 2.29 bits per heavy atom. The van der Waals surface area contributed by atoms with Crippen LogP contribution in [-0.2, 0) is 5.88 Å². The third-order valence-corrected chi connectivity index (χ3v) is 6.13. The van der Waals surface area contributed by atoms with E-state index in [0.29, 0.717) is 21.6 Å². The van der Waals surface area contributed by atoms with E-state index in [4.69, 9.17) is 11.6 Å². The second-order valence-electron chi connectivity index (χ2n) is 5.33. The SMILES string of the molecule is CCSC1CCC(n2c(CCl)nc3cc(Br)c(F)cc32)C1. The molecule has 2 unspecified atom stereocenters. The Morgan fingerprint density at radius 3 is 3.00 bits per heavy atom. The predicted octanol–water partition coefficient (Wildman–Crippen LogP) is 5.52. The first-order valence-electron chi connectivity index (χ1n) is 7.17. The lowest BCUT2D eigenvalue weighted by Gasteiger charge is -2.16. The highest BCUT2D eigenvalue weighted by atomic mass is 79.9. The minimum atomic E-state index is -0.248. The molecule has 1 aromatic carbocycles. The van der Waals surface area contributed by atoms with Crippen molar-refractivity contribution in [1.82, 2.24) is 9.55 Å². The predicted molar refractivity (Wildman–Crippen MR) is 91.8 cm³/mol. The van der Waals surface area contributed by atoms with E-state index in [0.717, 1.165) is 35.5 Å². The van der Waals surface area contributed by atoms with Gasteiger partial charge in [0.05, 0.1) is 21.4 Å². The number of nitrogens with zero attached hydrogens (tertiary/aromatic N) is 2. The largest absolute Gasteiger partial charge is 0.324 e. The second-order valence-corrected chi connectivity index (χ2v) is 8.03. The fourth-order valence-electron chi connectivity index (χ4n) is 3.18. The molecule has 0 spiro atoms. The Hall–Kier alpha value is -0.260. The fraction of sp³-hybridized carbons (Fsp3) is 0.533. The molecule has 1 aliphatic rings. The van der Waals surface area contributed by atoms with Crippen LogP contribution < -0.4 is 0 Å². The highest BCUT2D eigenvalue weighted by molar-refractivity contribution is 9.10. The molecule has 114 valence electrons. The van der Waals surface area contributed by atoms with Gasteiger partial charge in [-0.25, -0.2) is 9.37 Å². The average molecular weight is 392 g/mol. The lowest BCUT2D eigenvalue weighted by Crippen LogP contribution is -2.09. The third kappa shape index (κ3) is 2.97. The average Bonchev–Trinajstić information content (AvgIpc) is 3.04. The van der Waals surface area contributed by atoms with Crippen LogP contribution in [0.5, 0.6) is 0 Å². The van der Waals surface area contributed by atoms with Crippen molar-refractivity contribution in [3.05, 3.63) is 28.2 Å². The zero-order chi connectivity index (χ0) is 15.0. The number of benzene rings is 1. The van der Waals surface area contributed by atoms with Gasteiger partial charge in [-0.1, -0.05) is 6.92 Å². The van der Waals surface area contributed by atoms with Gasteiger partial charge in [0.1, 0.15) is 11.6 Å². The number of thioether (sulfide) groups is 1. The molecule has 0 amide bonds. The van der Waals surface area contributed by atoms with Gasteiger partial charge in [-0.05, 0) is 47.0 Å². The molecule has 1 aromatic heterocycles. The number of hydrogen-bond acceptors (Lipinski definition) is 2. The normalized spacial score (nSPS) is 22.3. The maximum atomic E-state index is 13.9. The van der Waals surface area contributed by atoms with Crippen molar-refractivity contribution in [3.63, 3.8) is 0 Å². The molecule has 0 aliphatic heterocycles. The topological polar surface area (TPSA) is 17.8 Å². The number of aromatic nitrogens is 2. The molecule has 3 rings (SSSR count). The van der Waals surface area contributed by atoms with Crippen molar-refractivity contribution in [3.8, 4) is 0 Å². The van der Waals surface area contributed by atoms with Crippen molar-refractivity contribution in [1.29, 1.82) is 0 Å². The summed E-state index contributed by atoms with van der Waals surface area (Å²) in [5, 5.41) is 0.695. The van der Waals surface area contributed by atoms with Crippen LogP contribution in [0.15, 0.2) is 16.6 Å². The molecular weight excluding hydrogens is 375 g/mol. The lowest BCUT2D eigenvalue weighted by molar-refractivity contribution is 0.518. The molecule has 0 N–H and O–H groups in total. The Bertz CT molecular complexity index is 661. The van der Waals surface area contributed by atoms with E-state index in [-0.39, 0.29) is 5.82 Å². The van der Waals surface area contributed by atoms with Gasteiger partial charge in [0.25, 0.3) is 0 Å². The number of fused-ring (bicyclic) bond motifs is 1. The van der Waals surface area contributed by atoms with Crippen molar-refractivity contribution < 1.29 is 4.39 Å². The highest BCUT2D eigenvalue weighted by Gasteiger charge is 2.29. The summed E-state index contributed by atoms with van der Waals surface area (Å²) in [7, 11) is 0. The molecule has 2 nitrogen and oxygen atoms in total. The van der Waals surface area contributed by atoms with Crippen LogP contribution in [0, 0.1) is 5.82 Å². The van der Waals surface area contributed by atoms with Crippen LogP contribution in [0.25, 0.3) is 11.0 Å². The summed E-state index contributed by atoms with van der Waals surface area (Å²) < 4.78 is 16.5. The number of alkyl halides is 1. The van der Waals surface area contributed by atoms with Gasteiger partial charge in [-0.2, -0.15) is 11.8 Å². The van der Waals surface area contributed by atoms with Crippen LogP contribution in [0.1, 0.15) is 38.1 Å². The van der Waals surface area contributed by atoms with Crippen molar-refractivity contribution >= 4 is 50.3 Å². The summed E-state index contributed by atoms with van der Waals surface area (Å²) in [6.45, 7) is 2.20. The summed E-state index contributed by atoms with van der Waals surface area (Å²) in [6, 6.07) is 3.70. The van der Waals surface area contributed by atoms with Gasteiger partial charge in [0.15, 0.2) is 0 Å². The molecule has 0 radical (unpaired) electrons. The zero-order valence-electron chi connectivity index (χ0n) is 11.8.